The summed E-state index contributed by atoms with van der Waals surface area (Å²) in [5.41, 5.74) is -0.390. The normalized spacial score (nSPS) is 10.7. The molecule has 0 saturated heterocycles. The van der Waals surface area contributed by atoms with Crippen molar-refractivity contribution < 1.29 is 24.2 Å². The number of ether oxygens (including phenoxy) is 2. The number of rotatable bonds is 2. The van der Waals surface area contributed by atoms with Crippen LogP contribution >= 0.6 is 0 Å². The average molecular weight is 267 g/mol. The minimum absolute atomic E-state index is 0.0494. The van der Waals surface area contributed by atoms with E-state index in [1.165, 1.54) is 25.3 Å². The lowest BCUT2D eigenvalue weighted by atomic mass is 10.1. The molecule has 0 atom stereocenters. The molecule has 0 aliphatic rings. The highest BCUT2D eigenvalue weighted by Gasteiger charge is 2.19. The monoisotopic (exact) mass is 267 g/mol. The summed E-state index contributed by atoms with van der Waals surface area (Å²) in [5, 5.41) is 11.8. The van der Waals surface area contributed by atoms with Crippen LogP contribution in [0.2, 0.25) is 0 Å². The maximum atomic E-state index is 11.6. The van der Waals surface area contributed by atoms with Crippen molar-refractivity contribution in [2.45, 2.75) is 26.4 Å². The fourth-order valence-corrected chi connectivity index (χ4v) is 1.33. The first kappa shape index (κ1) is 14.8. The highest BCUT2D eigenvalue weighted by molar-refractivity contribution is 6.00. The number of phenolic OH excluding ortho intramolecular Hbond substituents is 1. The molecule has 0 heterocycles. The smallest absolute Gasteiger partial charge is 0.412 e. The Labute approximate surface area is 111 Å². The number of aromatic hydroxyl groups is 1. The van der Waals surface area contributed by atoms with Crippen LogP contribution in [0.1, 0.15) is 31.1 Å². The molecule has 0 unspecified atom stereocenters. The van der Waals surface area contributed by atoms with Gasteiger partial charge in [-0.2, -0.15) is 0 Å². The van der Waals surface area contributed by atoms with Gasteiger partial charge in [-0.25, -0.2) is 9.59 Å². The number of carbonyl (C=O) groups is 2. The number of esters is 1. The number of hydrogen-bond acceptors (Lipinski definition) is 5. The third-order valence-corrected chi connectivity index (χ3v) is 2.04. The SMILES string of the molecule is COC(=O)c1cc(O)ccc1NC(=O)OC(C)(C)C. The summed E-state index contributed by atoms with van der Waals surface area (Å²) in [6.45, 7) is 5.18. The van der Waals surface area contributed by atoms with Gasteiger partial charge >= 0.3 is 12.1 Å². The molecule has 1 amide bonds. The van der Waals surface area contributed by atoms with E-state index in [2.05, 4.69) is 10.1 Å². The number of nitrogens with one attached hydrogen (secondary N) is 1. The van der Waals surface area contributed by atoms with Crippen molar-refractivity contribution >= 4 is 17.7 Å². The number of methoxy groups -OCH3 is 1. The first-order chi connectivity index (χ1) is 8.73. The molecule has 0 fully saturated rings. The first-order valence-electron chi connectivity index (χ1n) is 5.64. The van der Waals surface area contributed by atoms with E-state index in [4.69, 9.17) is 4.74 Å². The molecular formula is C13H17NO5. The molecule has 1 aromatic rings. The summed E-state index contributed by atoms with van der Waals surface area (Å²) < 4.78 is 9.65. The van der Waals surface area contributed by atoms with Gasteiger partial charge in [-0.15, -0.1) is 0 Å². The van der Waals surface area contributed by atoms with Gasteiger partial charge in [0, 0.05) is 0 Å². The Kier molecular flexibility index (Phi) is 4.37. The van der Waals surface area contributed by atoms with Gasteiger partial charge in [0.1, 0.15) is 11.4 Å². The largest absolute Gasteiger partial charge is 0.508 e. The Balaban J connectivity index is 2.95. The minimum Gasteiger partial charge on any atom is -0.508 e. The number of carbonyl (C=O) groups excluding carboxylic acids is 2. The topological polar surface area (TPSA) is 84.9 Å². The maximum Gasteiger partial charge on any atom is 0.412 e. The van der Waals surface area contributed by atoms with E-state index in [1.54, 1.807) is 20.8 Å². The molecule has 19 heavy (non-hydrogen) atoms. The van der Waals surface area contributed by atoms with E-state index in [1.807, 2.05) is 0 Å². The highest BCUT2D eigenvalue weighted by atomic mass is 16.6. The number of phenols is 1. The van der Waals surface area contributed by atoms with Crippen LogP contribution in [0.4, 0.5) is 10.5 Å². The fourth-order valence-electron chi connectivity index (χ4n) is 1.33. The van der Waals surface area contributed by atoms with E-state index in [0.29, 0.717) is 0 Å². The second kappa shape index (κ2) is 5.60. The van der Waals surface area contributed by atoms with E-state index in [9.17, 15) is 14.7 Å². The van der Waals surface area contributed by atoms with Gasteiger partial charge in [0.15, 0.2) is 0 Å². The standard InChI is InChI=1S/C13H17NO5/c1-13(2,3)19-12(17)14-10-6-5-8(15)7-9(10)11(16)18-4/h5-7,15H,1-4H3,(H,14,17). The van der Waals surface area contributed by atoms with Crippen LogP contribution in [0, 0.1) is 0 Å². The summed E-state index contributed by atoms with van der Waals surface area (Å²) in [5.74, 6) is -0.767. The molecule has 0 spiro atoms. The molecule has 0 bridgehead atoms. The predicted octanol–water partition coefficient (Wildman–Crippen LogP) is 2.53. The molecule has 1 rings (SSSR count). The van der Waals surface area contributed by atoms with Crippen LogP contribution in [0.15, 0.2) is 18.2 Å². The maximum absolute atomic E-state index is 11.6. The third-order valence-electron chi connectivity index (χ3n) is 2.04. The minimum atomic E-state index is -0.691. The molecule has 0 aromatic heterocycles. The van der Waals surface area contributed by atoms with Gasteiger partial charge in [0.2, 0.25) is 0 Å². The van der Waals surface area contributed by atoms with Crippen molar-refractivity contribution in [1.82, 2.24) is 0 Å². The molecule has 2 N–H and O–H groups in total. The van der Waals surface area contributed by atoms with Gasteiger partial charge in [-0.1, -0.05) is 0 Å². The second-order valence-electron chi connectivity index (χ2n) is 4.85. The third kappa shape index (κ3) is 4.50. The van der Waals surface area contributed by atoms with Crippen LogP contribution in [-0.4, -0.2) is 29.9 Å². The Morgan fingerprint density at radius 1 is 1.26 bits per heavy atom. The predicted molar refractivity (Wildman–Crippen MR) is 69.3 cm³/mol. The highest BCUT2D eigenvalue weighted by Crippen LogP contribution is 2.22. The molecule has 6 heteroatoms. The Bertz CT molecular complexity index is 490. The zero-order chi connectivity index (χ0) is 14.6. The summed E-state index contributed by atoms with van der Waals surface area (Å²) in [6, 6.07) is 3.95. The summed E-state index contributed by atoms with van der Waals surface area (Å²) in [4.78, 5) is 23.2. The zero-order valence-electron chi connectivity index (χ0n) is 11.3. The van der Waals surface area contributed by atoms with Crippen LogP contribution in [0.3, 0.4) is 0 Å². The van der Waals surface area contributed by atoms with Crippen molar-refractivity contribution in [3.63, 3.8) is 0 Å². The summed E-state index contributed by atoms with van der Waals surface area (Å²) in [6.07, 6.45) is -0.691. The Hall–Kier alpha value is -2.24. The van der Waals surface area contributed by atoms with Crippen molar-refractivity contribution in [2.75, 3.05) is 12.4 Å². The molecule has 1 aromatic carbocycles. The van der Waals surface area contributed by atoms with Crippen molar-refractivity contribution in [3.05, 3.63) is 23.8 Å². The van der Waals surface area contributed by atoms with Crippen molar-refractivity contribution in [2.24, 2.45) is 0 Å². The van der Waals surface area contributed by atoms with Gasteiger partial charge in [-0.05, 0) is 39.0 Å². The van der Waals surface area contributed by atoms with E-state index in [-0.39, 0.29) is 17.0 Å². The van der Waals surface area contributed by atoms with E-state index < -0.39 is 17.7 Å². The zero-order valence-corrected chi connectivity index (χ0v) is 11.3. The quantitative estimate of drug-likeness (QED) is 0.635. The van der Waals surface area contributed by atoms with Crippen LogP contribution in [0.5, 0.6) is 5.75 Å². The number of anilines is 1. The van der Waals surface area contributed by atoms with Gasteiger partial charge in [0.05, 0.1) is 18.4 Å². The lowest BCUT2D eigenvalue weighted by Gasteiger charge is -2.20. The summed E-state index contributed by atoms with van der Waals surface area (Å²) in [7, 11) is 1.21. The molecule has 104 valence electrons. The van der Waals surface area contributed by atoms with Gasteiger partial charge in [-0.3, -0.25) is 5.32 Å². The second-order valence-corrected chi connectivity index (χ2v) is 4.85. The van der Waals surface area contributed by atoms with E-state index >= 15 is 0 Å². The van der Waals surface area contributed by atoms with Gasteiger partial charge < -0.3 is 14.6 Å². The molecule has 0 radical (unpaired) electrons. The lowest BCUT2D eigenvalue weighted by Crippen LogP contribution is -2.27. The fraction of sp³-hybridized carbons (Fsp3) is 0.385. The van der Waals surface area contributed by atoms with Crippen LogP contribution in [0.25, 0.3) is 0 Å². The Morgan fingerprint density at radius 2 is 1.89 bits per heavy atom. The van der Waals surface area contributed by atoms with Crippen molar-refractivity contribution in [3.8, 4) is 5.75 Å². The van der Waals surface area contributed by atoms with Crippen LogP contribution < -0.4 is 5.32 Å². The molecular weight excluding hydrogens is 250 g/mol. The molecule has 0 aliphatic carbocycles. The first-order valence-corrected chi connectivity index (χ1v) is 5.64. The number of benzene rings is 1. The lowest BCUT2D eigenvalue weighted by molar-refractivity contribution is 0.0601. The Morgan fingerprint density at radius 3 is 2.42 bits per heavy atom. The molecule has 0 aliphatic heterocycles. The van der Waals surface area contributed by atoms with Crippen LogP contribution in [-0.2, 0) is 9.47 Å². The summed E-state index contributed by atoms with van der Waals surface area (Å²) >= 11 is 0. The molecule has 0 saturated carbocycles. The number of hydrogen-bond donors (Lipinski definition) is 2. The molecule has 6 nitrogen and oxygen atoms in total. The van der Waals surface area contributed by atoms with Gasteiger partial charge in [0.25, 0.3) is 0 Å². The van der Waals surface area contributed by atoms with Crippen molar-refractivity contribution in [1.29, 1.82) is 0 Å². The van der Waals surface area contributed by atoms with E-state index in [0.717, 1.165) is 0 Å². The average Bonchev–Trinajstić information content (AvgIpc) is 2.28. The number of amides is 1.